The molecule has 1 N–H and O–H groups in total. The number of para-hydroxylation sites is 1. The van der Waals surface area contributed by atoms with Crippen LogP contribution in [-0.4, -0.2) is 15.4 Å². The Morgan fingerprint density at radius 1 is 1.12 bits per heavy atom. The van der Waals surface area contributed by atoms with Crippen molar-refractivity contribution in [2.75, 3.05) is 5.32 Å². The molecule has 0 radical (unpaired) electrons. The Kier molecular flexibility index (Phi) is 6.00. The van der Waals surface area contributed by atoms with E-state index in [0.717, 1.165) is 27.7 Å². The summed E-state index contributed by atoms with van der Waals surface area (Å²) < 4.78 is 1.83. The zero-order valence-electron chi connectivity index (χ0n) is 17.9. The van der Waals surface area contributed by atoms with Gasteiger partial charge in [0.1, 0.15) is 6.54 Å². The highest BCUT2D eigenvalue weighted by molar-refractivity contribution is 5.99. The van der Waals surface area contributed by atoms with Crippen LogP contribution in [0.15, 0.2) is 79.0 Å². The molecule has 0 saturated heterocycles. The van der Waals surface area contributed by atoms with E-state index < -0.39 is 4.92 Å². The summed E-state index contributed by atoms with van der Waals surface area (Å²) in [6.07, 6.45) is 3.51. The Bertz CT molecular complexity index is 1440. The van der Waals surface area contributed by atoms with Crippen molar-refractivity contribution in [2.45, 2.75) is 13.5 Å². The lowest BCUT2D eigenvalue weighted by atomic mass is 10.0. The molecular formula is C26H20N4O3. The van der Waals surface area contributed by atoms with Crippen molar-refractivity contribution in [2.24, 2.45) is 0 Å². The minimum atomic E-state index is -0.489. The van der Waals surface area contributed by atoms with Gasteiger partial charge in [0.25, 0.3) is 5.69 Å². The molecule has 1 amide bonds. The first-order valence-corrected chi connectivity index (χ1v) is 10.3. The van der Waals surface area contributed by atoms with Gasteiger partial charge in [0.05, 0.1) is 16.6 Å². The smallest absolute Gasteiger partial charge is 0.270 e. The summed E-state index contributed by atoms with van der Waals surface area (Å²) in [5.41, 5.74) is 4.05. The first-order valence-electron chi connectivity index (χ1n) is 10.3. The third-order valence-corrected chi connectivity index (χ3v) is 5.22. The molecule has 0 aliphatic rings. The Morgan fingerprint density at radius 2 is 1.91 bits per heavy atom. The van der Waals surface area contributed by atoms with Gasteiger partial charge in [-0.05, 0) is 42.3 Å². The zero-order chi connectivity index (χ0) is 23.4. The summed E-state index contributed by atoms with van der Waals surface area (Å²) in [5.74, 6) is -0.170. The summed E-state index contributed by atoms with van der Waals surface area (Å²) in [7, 11) is 0. The molecule has 1 aromatic heterocycles. The molecule has 0 unspecified atom stereocenters. The van der Waals surface area contributed by atoms with E-state index >= 15 is 0 Å². The highest BCUT2D eigenvalue weighted by Crippen LogP contribution is 2.27. The minimum absolute atomic E-state index is 0.0797. The van der Waals surface area contributed by atoms with Gasteiger partial charge in [0.15, 0.2) is 0 Å². The van der Waals surface area contributed by atoms with Gasteiger partial charge in [-0.15, -0.1) is 0 Å². The van der Waals surface area contributed by atoms with Crippen LogP contribution in [0.4, 0.5) is 11.4 Å². The number of amides is 1. The molecule has 4 aromatic rings. The van der Waals surface area contributed by atoms with Crippen LogP contribution >= 0.6 is 0 Å². The van der Waals surface area contributed by atoms with E-state index in [9.17, 15) is 20.2 Å². The maximum Gasteiger partial charge on any atom is 0.270 e. The van der Waals surface area contributed by atoms with Crippen molar-refractivity contribution in [1.82, 2.24) is 4.57 Å². The van der Waals surface area contributed by atoms with Gasteiger partial charge < -0.3 is 9.88 Å². The summed E-state index contributed by atoms with van der Waals surface area (Å²) >= 11 is 0. The van der Waals surface area contributed by atoms with Gasteiger partial charge in [-0.2, -0.15) is 5.26 Å². The number of aryl methyl sites for hydroxylation is 1. The van der Waals surface area contributed by atoms with Gasteiger partial charge in [0, 0.05) is 40.5 Å². The molecule has 1 heterocycles. The Balaban J connectivity index is 1.68. The topological polar surface area (TPSA) is 101 Å². The van der Waals surface area contributed by atoms with Gasteiger partial charge in [-0.1, -0.05) is 42.5 Å². The number of nitro benzene ring substituents is 1. The van der Waals surface area contributed by atoms with Crippen LogP contribution in [0.1, 0.15) is 16.7 Å². The Morgan fingerprint density at radius 3 is 2.67 bits per heavy atom. The number of nitrogens with zero attached hydrogens (tertiary/aromatic N) is 3. The van der Waals surface area contributed by atoms with E-state index in [1.807, 2.05) is 66.2 Å². The fourth-order valence-corrected chi connectivity index (χ4v) is 3.72. The average molecular weight is 436 g/mol. The summed E-state index contributed by atoms with van der Waals surface area (Å²) in [6, 6.07) is 23.3. The van der Waals surface area contributed by atoms with Crippen LogP contribution in [-0.2, 0) is 11.3 Å². The molecular weight excluding hydrogens is 416 g/mol. The first-order chi connectivity index (χ1) is 15.9. The third kappa shape index (κ3) is 4.81. The number of nitriles is 1. The number of hydrogen-bond acceptors (Lipinski definition) is 4. The molecule has 0 aliphatic carbocycles. The highest BCUT2D eigenvalue weighted by atomic mass is 16.6. The van der Waals surface area contributed by atoms with Gasteiger partial charge >= 0.3 is 0 Å². The number of non-ortho nitro benzene ring substituents is 1. The van der Waals surface area contributed by atoms with Crippen LogP contribution in [0, 0.1) is 28.4 Å². The fourth-order valence-electron chi connectivity index (χ4n) is 3.72. The lowest BCUT2D eigenvalue weighted by Gasteiger charge is -2.08. The minimum Gasteiger partial charge on any atom is -0.337 e. The summed E-state index contributed by atoms with van der Waals surface area (Å²) in [4.78, 5) is 23.3. The van der Waals surface area contributed by atoms with E-state index in [1.165, 1.54) is 12.1 Å². The van der Waals surface area contributed by atoms with Crippen LogP contribution in [0.25, 0.3) is 22.6 Å². The van der Waals surface area contributed by atoms with Crippen molar-refractivity contribution < 1.29 is 9.72 Å². The predicted octanol–water partition coefficient (Wildman–Crippen LogP) is 5.56. The largest absolute Gasteiger partial charge is 0.337 e. The van der Waals surface area contributed by atoms with E-state index in [1.54, 1.807) is 18.2 Å². The van der Waals surface area contributed by atoms with Crippen LogP contribution < -0.4 is 5.32 Å². The first kappa shape index (κ1) is 21.5. The number of hydrogen-bond donors (Lipinski definition) is 1. The van der Waals surface area contributed by atoms with Crippen molar-refractivity contribution in [3.63, 3.8) is 0 Å². The number of carbonyl (C=O) groups excluding carboxylic acids is 1. The standard InChI is InChI=1S/C26H20N4O3/c1-18-6-4-8-22(12-18)28-26(31)17-29-16-21(24-10-2-3-11-25(24)29)13-20(15-27)19-7-5-9-23(14-19)30(32)33/h2-14,16H,17H2,1H3,(H,28,31). The van der Waals surface area contributed by atoms with E-state index in [-0.39, 0.29) is 18.1 Å². The maximum absolute atomic E-state index is 12.7. The quantitative estimate of drug-likeness (QED) is 0.243. The molecule has 4 rings (SSSR count). The zero-order valence-corrected chi connectivity index (χ0v) is 17.9. The van der Waals surface area contributed by atoms with Gasteiger partial charge in [-0.25, -0.2) is 0 Å². The van der Waals surface area contributed by atoms with Crippen molar-refractivity contribution in [3.05, 3.63) is 106 Å². The van der Waals surface area contributed by atoms with Crippen molar-refractivity contribution >= 4 is 39.8 Å². The van der Waals surface area contributed by atoms with Crippen molar-refractivity contribution in [3.8, 4) is 6.07 Å². The molecule has 7 heteroatoms. The number of rotatable bonds is 6. The van der Waals surface area contributed by atoms with E-state index in [0.29, 0.717) is 11.1 Å². The molecule has 0 atom stereocenters. The third-order valence-electron chi connectivity index (χ3n) is 5.22. The molecule has 0 fully saturated rings. The summed E-state index contributed by atoms with van der Waals surface area (Å²) in [6.45, 7) is 2.06. The number of fused-ring (bicyclic) bond motifs is 1. The highest BCUT2D eigenvalue weighted by Gasteiger charge is 2.13. The van der Waals surface area contributed by atoms with E-state index in [2.05, 4.69) is 11.4 Å². The second-order valence-electron chi connectivity index (χ2n) is 7.62. The molecule has 3 aromatic carbocycles. The van der Waals surface area contributed by atoms with Crippen LogP contribution in [0.3, 0.4) is 0 Å². The molecule has 0 saturated carbocycles. The van der Waals surface area contributed by atoms with E-state index in [4.69, 9.17) is 0 Å². The average Bonchev–Trinajstić information content (AvgIpc) is 3.14. The van der Waals surface area contributed by atoms with Gasteiger partial charge in [0.2, 0.25) is 5.91 Å². The Labute approximate surface area is 190 Å². The number of aromatic nitrogens is 1. The molecule has 0 bridgehead atoms. The van der Waals surface area contributed by atoms with Gasteiger partial charge in [-0.3, -0.25) is 14.9 Å². The number of carbonyl (C=O) groups is 1. The molecule has 0 aliphatic heterocycles. The second-order valence-corrected chi connectivity index (χ2v) is 7.62. The monoisotopic (exact) mass is 436 g/mol. The number of benzene rings is 3. The second kappa shape index (κ2) is 9.20. The molecule has 0 spiro atoms. The number of nitro groups is 1. The summed E-state index contributed by atoms with van der Waals surface area (Å²) in [5, 5.41) is 24.6. The Hall–Kier alpha value is -4.70. The predicted molar refractivity (Wildman–Crippen MR) is 128 cm³/mol. The molecule has 162 valence electrons. The maximum atomic E-state index is 12.7. The van der Waals surface area contributed by atoms with Crippen LogP contribution in [0.2, 0.25) is 0 Å². The van der Waals surface area contributed by atoms with Crippen molar-refractivity contribution in [1.29, 1.82) is 5.26 Å². The lowest BCUT2D eigenvalue weighted by Crippen LogP contribution is -2.18. The molecule has 33 heavy (non-hydrogen) atoms. The molecule has 7 nitrogen and oxygen atoms in total. The van der Waals surface area contributed by atoms with Crippen LogP contribution in [0.5, 0.6) is 0 Å². The number of anilines is 1. The fraction of sp³-hybridized carbons (Fsp3) is 0.0769. The normalized spacial score (nSPS) is 11.2. The number of allylic oxidation sites excluding steroid dienone is 1. The SMILES string of the molecule is Cc1cccc(NC(=O)Cn2cc(C=C(C#N)c3cccc([N+](=O)[O-])c3)c3ccccc32)c1. The lowest BCUT2D eigenvalue weighted by molar-refractivity contribution is -0.384. The number of nitrogens with one attached hydrogen (secondary N) is 1.